The van der Waals surface area contributed by atoms with E-state index in [2.05, 4.69) is 6.07 Å². The molecule has 2 rings (SSSR count). The van der Waals surface area contributed by atoms with E-state index in [1.165, 1.54) is 5.56 Å². The number of thioether (sulfide) groups is 1. The summed E-state index contributed by atoms with van der Waals surface area (Å²) >= 11 is 7.16. The minimum Gasteiger partial charge on any atom is -0.280 e. The van der Waals surface area contributed by atoms with Crippen molar-refractivity contribution in [1.29, 1.82) is 0 Å². The summed E-state index contributed by atoms with van der Waals surface area (Å²) in [6.45, 7) is 0. The average molecular weight is 213 g/mol. The molecule has 0 radical (unpaired) electrons. The van der Waals surface area contributed by atoms with Crippen LogP contribution < -0.4 is 0 Å². The zero-order chi connectivity index (χ0) is 9.26. The molecule has 0 saturated heterocycles. The standard InChI is InChI=1S/C10H9ClOS/c11-10(12)9-8-4-2-1-3-7(8)5-6-13-9/h1-4,9H,5-6H2. The van der Waals surface area contributed by atoms with E-state index in [9.17, 15) is 4.79 Å². The van der Waals surface area contributed by atoms with Gasteiger partial charge in [0.15, 0.2) is 0 Å². The zero-order valence-electron chi connectivity index (χ0n) is 7.00. The largest absolute Gasteiger partial charge is 0.280 e. The Labute approximate surface area is 86.5 Å². The molecule has 0 aliphatic carbocycles. The van der Waals surface area contributed by atoms with Crippen LogP contribution in [0.15, 0.2) is 24.3 Å². The molecule has 68 valence electrons. The molecule has 0 aromatic heterocycles. The first-order chi connectivity index (χ1) is 6.29. The topological polar surface area (TPSA) is 17.1 Å². The molecule has 0 saturated carbocycles. The second-order valence-electron chi connectivity index (χ2n) is 3.00. The third-order valence-electron chi connectivity index (χ3n) is 2.20. The molecule has 0 amide bonds. The zero-order valence-corrected chi connectivity index (χ0v) is 8.57. The van der Waals surface area contributed by atoms with Crippen LogP contribution in [0.1, 0.15) is 16.4 Å². The van der Waals surface area contributed by atoms with Gasteiger partial charge in [0, 0.05) is 0 Å². The molecular weight excluding hydrogens is 204 g/mol. The van der Waals surface area contributed by atoms with Gasteiger partial charge in [0.05, 0.1) is 0 Å². The second-order valence-corrected chi connectivity index (χ2v) is 4.59. The van der Waals surface area contributed by atoms with E-state index < -0.39 is 0 Å². The lowest BCUT2D eigenvalue weighted by Gasteiger charge is -2.21. The van der Waals surface area contributed by atoms with Gasteiger partial charge in [0.2, 0.25) is 5.24 Å². The Morgan fingerprint density at radius 2 is 2.23 bits per heavy atom. The number of hydrogen-bond donors (Lipinski definition) is 0. The molecule has 1 atom stereocenters. The fraction of sp³-hybridized carbons (Fsp3) is 0.300. The van der Waals surface area contributed by atoms with Gasteiger partial charge in [0.25, 0.3) is 0 Å². The van der Waals surface area contributed by atoms with Gasteiger partial charge in [-0.25, -0.2) is 0 Å². The lowest BCUT2D eigenvalue weighted by molar-refractivity contribution is -0.111. The monoisotopic (exact) mass is 212 g/mol. The first-order valence-electron chi connectivity index (χ1n) is 4.18. The van der Waals surface area contributed by atoms with Crippen molar-refractivity contribution in [2.45, 2.75) is 11.7 Å². The smallest absolute Gasteiger partial charge is 0.239 e. The van der Waals surface area contributed by atoms with Gasteiger partial charge in [0.1, 0.15) is 5.25 Å². The average Bonchev–Trinajstić information content (AvgIpc) is 2.17. The van der Waals surface area contributed by atoms with Crippen LogP contribution in [-0.4, -0.2) is 11.0 Å². The summed E-state index contributed by atoms with van der Waals surface area (Å²) in [5, 5.41) is -0.399. The van der Waals surface area contributed by atoms with Crippen molar-refractivity contribution >= 4 is 28.6 Å². The normalized spacial score (nSPS) is 20.8. The Morgan fingerprint density at radius 3 is 3.00 bits per heavy atom. The molecule has 1 aromatic carbocycles. The maximum atomic E-state index is 11.1. The Balaban J connectivity index is 2.42. The molecule has 1 aromatic rings. The third-order valence-corrected chi connectivity index (χ3v) is 3.79. The minimum atomic E-state index is -0.253. The predicted octanol–water partition coefficient (Wildman–Crippen LogP) is 2.78. The number of hydrogen-bond acceptors (Lipinski definition) is 2. The van der Waals surface area contributed by atoms with Crippen LogP contribution in [0.5, 0.6) is 0 Å². The Hall–Kier alpha value is -0.470. The summed E-state index contributed by atoms with van der Waals surface area (Å²) in [4.78, 5) is 11.1. The van der Waals surface area contributed by atoms with Crippen molar-refractivity contribution in [3.05, 3.63) is 35.4 Å². The molecule has 1 aliphatic heterocycles. The minimum absolute atomic E-state index is 0.147. The first-order valence-corrected chi connectivity index (χ1v) is 5.60. The molecule has 1 heterocycles. The summed E-state index contributed by atoms with van der Waals surface area (Å²) in [5.74, 6) is 0.986. The number of aryl methyl sites for hydroxylation is 1. The number of halogens is 1. The molecule has 1 aliphatic rings. The number of fused-ring (bicyclic) bond motifs is 1. The van der Waals surface area contributed by atoms with Crippen LogP contribution in [0.2, 0.25) is 0 Å². The number of benzene rings is 1. The molecule has 1 unspecified atom stereocenters. The maximum Gasteiger partial charge on any atom is 0.239 e. The molecule has 13 heavy (non-hydrogen) atoms. The van der Waals surface area contributed by atoms with Gasteiger partial charge in [-0.15, -0.1) is 11.8 Å². The van der Waals surface area contributed by atoms with Gasteiger partial charge in [-0.05, 0) is 34.9 Å². The molecule has 0 fully saturated rings. The fourth-order valence-electron chi connectivity index (χ4n) is 1.58. The van der Waals surface area contributed by atoms with Crippen molar-refractivity contribution in [3.8, 4) is 0 Å². The summed E-state index contributed by atoms with van der Waals surface area (Å²) in [7, 11) is 0. The van der Waals surface area contributed by atoms with Gasteiger partial charge in [-0.1, -0.05) is 24.3 Å². The van der Waals surface area contributed by atoms with Gasteiger partial charge in [-0.2, -0.15) is 0 Å². The maximum absolute atomic E-state index is 11.1. The molecule has 3 heteroatoms. The highest BCUT2D eigenvalue weighted by atomic mass is 35.5. The Kier molecular flexibility index (Phi) is 2.61. The van der Waals surface area contributed by atoms with Crippen molar-refractivity contribution in [2.75, 3.05) is 5.75 Å². The number of carbonyl (C=O) groups excluding carboxylic acids is 1. The molecule has 0 bridgehead atoms. The lowest BCUT2D eigenvalue weighted by Crippen LogP contribution is -2.12. The van der Waals surface area contributed by atoms with Crippen LogP contribution in [-0.2, 0) is 11.2 Å². The highest BCUT2D eigenvalue weighted by Gasteiger charge is 2.24. The Morgan fingerprint density at radius 1 is 1.46 bits per heavy atom. The van der Waals surface area contributed by atoms with Crippen LogP contribution in [0.4, 0.5) is 0 Å². The second kappa shape index (κ2) is 3.72. The van der Waals surface area contributed by atoms with E-state index >= 15 is 0 Å². The molecule has 0 N–H and O–H groups in total. The van der Waals surface area contributed by atoms with Crippen LogP contribution in [0.25, 0.3) is 0 Å². The van der Waals surface area contributed by atoms with E-state index in [1.54, 1.807) is 11.8 Å². The van der Waals surface area contributed by atoms with E-state index in [1.807, 2.05) is 18.2 Å². The quantitative estimate of drug-likeness (QED) is 0.666. The third kappa shape index (κ3) is 1.74. The fourth-order valence-corrected chi connectivity index (χ4v) is 3.00. The van der Waals surface area contributed by atoms with E-state index in [0.717, 1.165) is 17.7 Å². The summed E-state index contributed by atoms with van der Waals surface area (Å²) in [6, 6.07) is 8.02. The van der Waals surface area contributed by atoms with Crippen LogP contribution in [0.3, 0.4) is 0 Å². The number of rotatable bonds is 1. The Bertz CT molecular complexity index is 337. The SMILES string of the molecule is O=C(Cl)C1SCCc2ccccc21. The van der Waals surface area contributed by atoms with Gasteiger partial charge >= 0.3 is 0 Å². The molecule has 0 spiro atoms. The van der Waals surface area contributed by atoms with Crippen molar-refractivity contribution in [2.24, 2.45) is 0 Å². The lowest BCUT2D eigenvalue weighted by atomic mass is 10.0. The first kappa shape index (κ1) is 9.10. The van der Waals surface area contributed by atoms with E-state index in [-0.39, 0.29) is 10.5 Å². The highest BCUT2D eigenvalue weighted by molar-refractivity contribution is 8.00. The predicted molar refractivity (Wildman–Crippen MR) is 56.2 cm³/mol. The highest BCUT2D eigenvalue weighted by Crippen LogP contribution is 2.37. The van der Waals surface area contributed by atoms with Crippen molar-refractivity contribution < 1.29 is 4.79 Å². The van der Waals surface area contributed by atoms with Crippen LogP contribution in [0, 0.1) is 0 Å². The summed E-state index contributed by atoms with van der Waals surface area (Å²) in [6.07, 6.45) is 1.04. The van der Waals surface area contributed by atoms with Crippen LogP contribution >= 0.6 is 23.4 Å². The van der Waals surface area contributed by atoms with E-state index in [4.69, 9.17) is 11.6 Å². The molecule has 1 nitrogen and oxygen atoms in total. The van der Waals surface area contributed by atoms with E-state index in [0.29, 0.717) is 0 Å². The summed E-state index contributed by atoms with van der Waals surface area (Å²) in [5.41, 5.74) is 2.36. The van der Waals surface area contributed by atoms with Crippen molar-refractivity contribution in [3.63, 3.8) is 0 Å². The van der Waals surface area contributed by atoms with Gasteiger partial charge in [-0.3, -0.25) is 4.79 Å². The molecular formula is C10H9ClOS. The summed E-state index contributed by atoms with van der Waals surface area (Å²) < 4.78 is 0. The number of carbonyl (C=O) groups is 1. The van der Waals surface area contributed by atoms with Gasteiger partial charge < -0.3 is 0 Å². The van der Waals surface area contributed by atoms with Crippen molar-refractivity contribution in [1.82, 2.24) is 0 Å².